The first-order valence-corrected chi connectivity index (χ1v) is 8.99. The maximum atomic E-state index is 12.2. The second-order valence-electron chi connectivity index (χ2n) is 6.50. The first-order chi connectivity index (χ1) is 12.3. The molecule has 1 amide bonds. The van der Waals surface area contributed by atoms with Gasteiger partial charge >= 0.3 is 0 Å². The van der Waals surface area contributed by atoms with E-state index in [0.717, 1.165) is 25.2 Å². The largest absolute Gasteiger partial charge is 0.382 e. The Kier molecular flexibility index (Phi) is 6.40. The Hall–Kier alpha value is -2.40. The molecule has 0 aliphatic carbocycles. The minimum atomic E-state index is 0.0988. The summed E-state index contributed by atoms with van der Waals surface area (Å²) >= 11 is 0. The number of amides is 1. The maximum Gasteiger partial charge on any atom is 0.234 e. The van der Waals surface area contributed by atoms with Gasteiger partial charge in [0.1, 0.15) is 0 Å². The zero-order chi connectivity index (χ0) is 17.3. The number of carbonyl (C=O) groups excluding carboxylic acids is 1. The fourth-order valence-electron chi connectivity index (χ4n) is 3.33. The molecule has 25 heavy (non-hydrogen) atoms. The molecule has 1 fully saturated rings. The van der Waals surface area contributed by atoms with Crippen molar-refractivity contribution in [3.05, 3.63) is 60.4 Å². The molecule has 1 aliphatic rings. The van der Waals surface area contributed by atoms with E-state index >= 15 is 0 Å². The third kappa shape index (κ3) is 5.57. The van der Waals surface area contributed by atoms with Crippen LogP contribution in [0.25, 0.3) is 0 Å². The Balaban J connectivity index is 1.37. The molecule has 1 saturated heterocycles. The van der Waals surface area contributed by atoms with Gasteiger partial charge in [-0.3, -0.25) is 14.7 Å². The highest BCUT2D eigenvalue weighted by Gasteiger charge is 2.22. The molecule has 2 heterocycles. The van der Waals surface area contributed by atoms with Crippen LogP contribution in [0.5, 0.6) is 0 Å². The fourth-order valence-corrected chi connectivity index (χ4v) is 3.33. The summed E-state index contributed by atoms with van der Waals surface area (Å²) in [5, 5.41) is 6.23. The minimum Gasteiger partial charge on any atom is -0.382 e. The first kappa shape index (κ1) is 17.4. The van der Waals surface area contributed by atoms with Crippen LogP contribution in [0, 0.1) is 0 Å². The van der Waals surface area contributed by atoms with E-state index < -0.39 is 0 Å². The third-order valence-corrected chi connectivity index (χ3v) is 4.58. The normalized spacial score (nSPS) is 17.8. The van der Waals surface area contributed by atoms with E-state index in [1.54, 1.807) is 12.4 Å². The van der Waals surface area contributed by atoms with Crippen LogP contribution in [0.15, 0.2) is 54.9 Å². The molecule has 1 atom stereocenters. The molecule has 2 N–H and O–H groups in total. The van der Waals surface area contributed by atoms with Crippen LogP contribution in [0.2, 0.25) is 0 Å². The smallest absolute Gasteiger partial charge is 0.234 e. The van der Waals surface area contributed by atoms with Crippen LogP contribution < -0.4 is 10.6 Å². The van der Waals surface area contributed by atoms with Gasteiger partial charge in [0, 0.05) is 32.0 Å². The van der Waals surface area contributed by atoms with E-state index in [1.807, 2.05) is 12.1 Å². The highest BCUT2D eigenvalue weighted by atomic mass is 16.2. The average molecular weight is 338 g/mol. The van der Waals surface area contributed by atoms with Gasteiger partial charge in [0.15, 0.2) is 0 Å². The lowest BCUT2D eigenvalue weighted by Gasteiger charge is -2.32. The predicted octanol–water partition coefficient (Wildman–Crippen LogP) is 2.49. The Bertz CT molecular complexity index is 647. The SMILES string of the molecule is O=C(CN1CCC[C@H](c2ccccc2)C1)NCCNc1cccnc1. The summed E-state index contributed by atoms with van der Waals surface area (Å²) in [5.41, 5.74) is 2.35. The van der Waals surface area contributed by atoms with Crippen molar-refractivity contribution in [2.45, 2.75) is 18.8 Å². The second kappa shape index (κ2) is 9.18. The van der Waals surface area contributed by atoms with Crippen molar-refractivity contribution in [2.24, 2.45) is 0 Å². The number of carbonyl (C=O) groups is 1. The number of rotatable bonds is 7. The highest BCUT2D eigenvalue weighted by Crippen LogP contribution is 2.26. The fraction of sp³-hybridized carbons (Fsp3) is 0.400. The zero-order valence-electron chi connectivity index (χ0n) is 14.5. The van der Waals surface area contributed by atoms with Crippen LogP contribution in [-0.4, -0.2) is 48.5 Å². The van der Waals surface area contributed by atoms with Gasteiger partial charge in [0.25, 0.3) is 0 Å². The number of piperidine rings is 1. The molecule has 0 bridgehead atoms. The quantitative estimate of drug-likeness (QED) is 0.762. The number of hydrogen-bond acceptors (Lipinski definition) is 4. The number of hydrogen-bond donors (Lipinski definition) is 2. The number of likely N-dealkylation sites (tertiary alicyclic amines) is 1. The topological polar surface area (TPSA) is 57.3 Å². The van der Waals surface area contributed by atoms with E-state index in [2.05, 4.69) is 50.8 Å². The van der Waals surface area contributed by atoms with Crippen molar-refractivity contribution in [3.63, 3.8) is 0 Å². The number of anilines is 1. The summed E-state index contributed by atoms with van der Waals surface area (Å²) in [6, 6.07) is 14.5. The van der Waals surface area contributed by atoms with E-state index in [4.69, 9.17) is 0 Å². The molecule has 1 aromatic carbocycles. The Morgan fingerprint density at radius 2 is 2.04 bits per heavy atom. The van der Waals surface area contributed by atoms with E-state index in [-0.39, 0.29) is 5.91 Å². The monoisotopic (exact) mass is 338 g/mol. The van der Waals surface area contributed by atoms with Gasteiger partial charge < -0.3 is 10.6 Å². The number of benzene rings is 1. The summed E-state index contributed by atoms with van der Waals surface area (Å²) in [5.74, 6) is 0.636. The van der Waals surface area contributed by atoms with Crippen molar-refractivity contribution in [1.82, 2.24) is 15.2 Å². The van der Waals surface area contributed by atoms with E-state index in [1.165, 1.54) is 12.0 Å². The standard InChI is InChI=1S/C20H26N4O/c25-20(23-12-11-22-19-9-4-10-21-14-19)16-24-13-5-8-18(15-24)17-6-2-1-3-7-17/h1-4,6-7,9-10,14,18,22H,5,8,11-13,15-16H2,(H,23,25)/t18-/m0/s1. The maximum absolute atomic E-state index is 12.2. The van der Waals surface area contributed by atoms with Gasteiger partial charge in [0.2, 0.25) is 5.91 Å². The summed E-state index contributed by atoms with van der Waals surface area (Å²) in [4.78, 5) is 18.5. The van der Waals surface area contributed by atoms with E-state index in [9.17, 15) is 4.79 Å². The Morgan fingerprint density at radius 1 is 1.16 bits per heavy atom. The lowest BCUT2D eigenvalue weighted by Crippen LogP contribution is -2.42. The van der Waals surface area contributed by atoms with Gasteiger partial charge in [-0.1, -0.05) is 30.3 Å². The summed E-state index contributed by atoms with van der Waals surface area (Å²) in [6.45, 7) is 3.76. The van der Waals surface area contributed by atoms with Crippen LogP contribution in [0.1, 0.15) is 24.3 Å². The average Bonchev–Trinajstić information content (AvgIpc) is 2.67. The molecule has 1 aliphatic heterocycles. The highest BCUT2D eigenvalue weighted by molar-refractivity contribution is 5.78. The van der Waals surface area contributed by atoms with Crippen LogP contribution in [-0.2, 0) is 4.79 Å². The minimum absolute atomic E-state index is 0.0988. The van der Waals surface area contributed by atoms with Crippen LogP contribution >= 0.6 is 0 Å². The lowest BCUT2D eigenvalue weighted by molar-refractivity contribution is -0.122. The number of aromatic nitrogens is 1. The van der Waals surface area contributed by atoms with Crippen molar-refractivity contribution in [3.8, 4) is 0 Å². The molecule has 0 spiro atoms. The molecule has 5 heteroatoms. The number of nitrogens with zero attached hydrogens (tertiary/aromatic N) is 2. The van der Waals surface area contributed by atoms with Crippen LogP contribution in [0.3, 0.4) is 0 Å². The molecule has 0 unspecified atom stereocenters. The van der Waals surface area contributed by atoms with Crippen molar-refractivity contribution in [1.29, 1.82) is 0 Å². The van der Waals surface area contributed by atoms with Crippen molar-refractivity contribution in [2.75, 3.05) is 38.0 Å². The first-order valence-electron chi connectivity index (χ1n) is 8.99. The second-order valence-corrected chi connectivity index (χ2v) is 6.50. The van der Waals surface area contributed by atoms with Crippen molar-refractivity contribution < 1.29 is 4.79 Å². The Morgan fingerprint density at radius 3 is 2.84 bits per heavy atom. The molecule has 132 valence electrons. The molecule has 0 radical (unpaired) electrons. The molecule has 1 aromatic heterocycles. The molecule has 5 nitrogen and oxygen atoms in total. The number of nitrogens with one attached hydrogen (secondary N) is 2. The Labute approximate surface area is 149 Å². The predicted molar refractivity (Wildman–Crippen MR) is 101 cm³/mol. The summed E-state index contributed by atoms with van der Waals surface area (Å²) < 4.78 is 0. The number of pyridine rings is 1. The molecule has 0 saturated carbocycles. The molecule has 2 aromatic rings. The summed E-state index contributed by atoms with van der Waals surface area (Å²) in [7, 11) is 0. The summed E-state index contributed by atoms with van der Waals surface area (Å²) in [6.07, 6.45) is 5.88. The van der Waals surface area contributed by atoms with Crippen molar-refractivity contribution >= 4 is 11.6 Å². The van der Waals surface area contributed by atoms with E-state index in [0.29, 0.717) is 25.6 Å². The molecule has 3 rings (SSSR count). The third-order valence-electron chi connectivity index (χ3n) is 4.58. The van der Waals surface area contributed by atoms with Gasteiger partial charge in [0.05, 0.1) is 12.2 Å². The van der Waals surface area contributed by atoms with Gasteiger partial charge in [-0.25, -0.2) is 0 Å². The van der Waals surface area contributed by atoms with Gasteiger partial charge in [-0.2, -0.15) is 0 Å². The zero-order valence-corrected chi connectivity index (χ0v) is 14.5. The molecular weight excluding hydrogens is 312 g/mol. The lowest BCUT2D eigenvalue weighted by atomic mass is 9.91. The van der Waals surface area contributed by atoms with Gasteiger partial charge in [-0.05, 0) is 43.0 Å². The molecular formula is C20H26N4O. The van der Waals surface area contributed by atoms with Crippen LogP contribution in [0.4, 0.5) is 5.69 Å². The van der Waals surface area contributed by atoms with Gasteiger partial charge in [-0.15, -0.1) is 0 Å².